The molecule has 9 nitrogen and oxygen atoms in total. The normalized spacial score (nSPS) is 12.4. The van der Waals surface area contributed by atoms with E-state index in [1.807, 2.05) is 18.2 Å². The Hall–Kier alpha value is -4.40. The number of ether oxygens (including phenoxy) is 3. The van der Waals surface area contributed by atoms with Crippen LogP contribution in [0, 0.1) is 10.1 Å². The average molecular weight is 447 g/mol. The monoisotopic (exact) mass is 447 g/mol. The summed E-state index contributed by atoms with van der Waals surface area (Å²) in [5.74, 6) is 1.73. The molecule has 1 aliphatic rings. The van der Waals surface area contributed by atoms with Crippen molar-refractivity contribution in [1.82, 2.24) is 5.43 Å². The molecule has 3 aromatic rings. The van der Waals surface area contributed by atoms with Crippen LogP contribution in [0.1, 0.15) is 16.7 Å². The lowest BCUT2D eigenvalue weighted by atomic mass is 10.1. The molecule has 3 aromatic carbocycles. The zero-order valence-electron chi connectivity index (χ0n) is 17.6. The lowest BCUT2D eigenvalue weighted by Gasteiger charge is -2.18. The Bertz CT molecular complexity index is 1160. The highest BCUT2D eigenvalue weighted by Gasteiger charge is 2.13. The highest BCUT2D eigenvalue weighted by molar-refractivity contribution is 5.83. The summed E-state index contributed by atoms with van der Waals surface area (Å²) in [6, 6.07) is 18.8. The minimum absolute atomic E-state index is 0.0424. The number of rotatable bonds is 8. The van der Waals surface area contributed by atoms with Gasteiger partial charge in [0.25, 0.3) is 5.69 Å². The molecular weight excluding hydrogens is 426 g/mol. The van der Waals surface area contributed by atoms with Crippen LogP contribution in [0.15, 0.2) is 71.8 Å². The van der Waals surface area contributed by atoms with E-state index >= 15 is 0 Å². The largest absolute Gasteiger partial charge is 0.489 e. The fraction of sp³-hybridized carbons (Fsp3) is 0.167. The SMILES string of the molecule is O=C(Cc1ccc2c(c1)OCCO2)N/N=C/c1ccc(OCc2ccc([N+](=O)[O-])cc2)cc1. The molecule has 1 N–H and O–H groups in total. The Morgan fingerprint density at radius 3 is 2.42 bits per heavy atom. The van der Waals surface area contributed by atoms with E-state index in [1.165, 1.54) is 12.1 Å². The number of carbonyl (C=O) groups is 1. The summed E-state index contributed by atoms with van der Waals surface area (Å²) in [6.45, 7) is 1.31. The van der Waals surface area contributed by atoms with Gasteiger partial charge in [-0.25, -0.2) is 5.43 Å². The van der Waals surface area contributed by atoms with Crippen LogP contribution in [0.25, 0.3) is 0 Å². The number of benzene rings is 3. The number of carbonyl (C=O) groups excluding carboxylic acids is 1. The third kappa shape index (κ3) is 6.07. The number of hydrazone groups is 1. The summed E-state index contributed by atoms with van der Waals surface area (Å²) in [5, 5.41) is 14.7. The topological polar surface area (TPSA) is 112 Å². The molecule has 1 heterocycles. The molecule has 0 saturated heterocycles. The summed E-state index contributed by atoms with van der Waals surface area (Å²) in [5.41, 5.74) is 4.98. The maximum atomic E-state index is 12.1. The Labute approximate surface area is 189 Å². The van der Waals surface area contributed by atoms with Crippen molar-refractivity contribution < 1.29 is 23.9 Å². The average Bonchev–Trinajstić information content (AvgIpc) is 2.84. The molecule has 33 heavy (non-hydrogen) atoms. The molecule has 0 unspecified atom stereocenters. The van der Waals surface area contributed by atoms with Gasteiger partial charge >= 0.3 is 0 Å². The van der Waals surface area contributed by atoms with Crippen LogP contribution in [-0.2, 0) is 17.8 Å². The molecule has 0 saturated carbocycles. The minimum Gasteiger partial charge on any atom is -0.489 e. The Morgan fingerprint density at radius 1 is 1.00 bits per heavy atom. The van der Waals surface area contributed by atoms with E-state index in [4.69, 9.17) is 14.2 Å². The van der Waals surface area contributed by atoms with Gasteiger partial charge in [-0.2, -0.15) is 5.10 Å². The van der Waals surface area contributed by atoms with Crippen molar-refractivity contribution >= 4 is 17.8 Å². The van der Waals surface area contributed by atoms with Crippen molar-refractivity contribution in [3.63, 3.8) is 0 Å². The van der Waals surface area contributed by atoms with Gasteiger partial charge in [0.05, 0.1) is 17.6 Å². The quantitative estimate of drug-likeness (QED) is 0.321. The lowest BCUT2D eigenvalue weighted by Crippen LogP contribution is -2.20. The molecule has 1 aliphatic heterocycles. The molecule has 0 radical (unpaired) electrons. The molecule has 0 fully saturated rings. The number of hydrogen-bond donors (Lipinski definition) is 1. The minimum atomic E-state index is -0.439. The van der Waals surface area contributed by atoms with Crippen molar-refractivity contribution in [2.45, 2.75) is 13.0 Å². The summed E-state index contributed by atoms with van der Waals surface area (Å²) < 4.78 is 16.7. The summed E-state index contributed by atoms with van der Waals surface area (Å²) >= 11 is 0. The fourth-order valence-electron chi connectivity index (χ4n) is 3.13. The number of amides is 1. The zero-order chi connectivity index (χ0) is 23.0. The first kappa shape index (κ1) is 21.8. The van der Waals surface area contributed by atoms with Crippen LogP contribution in [0.3, 0.4) is 0 Å². The van der Waals surface area contributed by atoms with E-state index in [9.17, 15) is 14.9 Å². The van der Waals surface area contributed by atoms with Gasteiger partial charge in [0, 0.05) is 12.1 Å². The van der Waals surface area contributed by atoms with Gasteiger partial charge < -0.3 is 14.2 Å². The highest BCUT2D eigenvalue weighted by atomic mass is 16.6. The summed E-state index contributed by atoms with van der Waals surface area (Å²) in [6.07, 6.45) is 1.71. The summed E-state index contributed by atoms with van der Waals surface area (Å²) in [4.78, 5) is 22.4. The van der Waals surface area contributed by atoms with Crippen molar-refractivity contribution in [2.75, 3.05) is 13.2 Å². The number of nitrogens with zero attached hydrogens (tertiary/aromatic N) is 2. The van der Waals surface area contributed by atoms with Gasteiger partial charge in [0.1, 0.15) is 25.6 Å². The Morgan fingerprint density at radius 2 is 1.70 bits per heavy atom. The number of nitro groups is 1. The highest BCUT2D eigenvalue weighted by Crippen LogP contribution is 2.30. The molecule has 0 aromatic heterocycles. The van der Waals surface area contributed by atoms with Crippen molar-refractivity contribution in [3.8, 4) is 17.2 Å². The zero-order valence-corrected chi connectivity index (χ0v) is 17.6. The van der Waals surface area contributed by atoms with E-state index in [1.54, 1.807) is 42.6 Å². The third-order valence-electron chi connectivity index (χ3n) is 4.81. The van der Waals surface area contributed by atoms with E-state index in [0.717, 1.165) is 16.7 Å². The number of nitro benzene ring substituents is 1. The van der Waals surface area contributed by atoms with Gasteiger partial charge in [-0.3, -0.25) is 14.9 Å². The van der Waals surface area contributed by atoms with Crippen LogP contribution in [0.2, 0.25) is 0 Å². The van der Waals surface area contributed by atoms with E-state index < -0.39 is 4.92 Å². The molecule has 0 spiro atoms. The molecule has 168 valence electrons. The van der Waals surface area contributed by atoms with Crippen LogP contribution >= 0.6 is 0 Å². The first-order valence-electron chi connectivity index (χ1n) is 10.2. The van der Waals surface area contributed by atoms with Gasteiger partial charge in [-0.05, 0) is 65.2 Å². The Balaban J connectivity index is 1.24. The van der Waals surface area contributed by atoms with Gasteiger partial charge in [0.15, 0.2) is 11.5 Å². The predicted octanol–water partition coefficient (Wildman–Crippen LogP) is 3.64. The van der Waals surface area contributed by atoms with Crippen LogP contribution in [-0.4, -0.2) is 30.3 Å². The molecule has 0 atom stereocenters. The third-order valence-corrected chi connectivity index (χ3v) is 4.81. The number of non-ortho nitro benzene ring substituents is 1. The number of nitrogens with one attached hydrogen (secondary N) is 1. The second kappa shape index (κ2) is 10.3. The molecule has 9 heteroatoms. The smallest absolute Gasteiger partial charge is 0.269 e. The second-order valence-electron chi connectivity index (χ2n) is 7.23. The van der Waals surface area contributed by atoms with Gasteiger partial charge in [-0.1, -0.05) is 6.07 Å². The summed E-state index contributed by atoms with van der Waals surface area (Å²) in [7, 11) is 0. The second-order valence-corrected chi connectivity index (χ2v) is 7.23. The van der Waals surface area contributed by atoms with Crippen LogP contribution < -0.4 is 19.6 Å². The molecule has 4 rings (SSSR count). The molecular formula is C24H21N3O6. The lowest BCUT2D eigenvalue weighted by molar-refractivity contribution is -0.384. The fourth-order valence-corrected chi connectivity index (χ4v) is 3.13. The molecule has 0 aliphatic carbocycles. The molecule has 0 bridgehead atoms. The standard InChI is InChI=1S/C24H21N3O6/c28-24(14-19-5-10-22-23(13-19)32-12-11-31-22)26-25-15-17-3-8-21(9-4-17)33-16-18-1-6-20(7-2-18)27(29)30/h1-10,13,15H,11-12,14,16H2,(H,26,28)/b25-15+. The van der Waals surface area contributed by atoms with E-state index in [-0.39, 0.29) is 18.0 Å². The van der Waals surface area contributed by atoms with Crippen molar-refractivity contribution in [1.29, 1.82) is 0 Å². The van der Waals surface area contributed by atoms with Gasteiger partial charge in [0.2, 0.25) is 5.91 Å². The van der Waals surface area contributed by atoms with E-state index in [2.05, 4.69) is 10.5 Å². The number of fused-ring (bicyclic) bond motifs is 1. The van der Waals surface area contributed by atoms with Crippen LogP contribution in [0.4, 0.5) is 5.69 Å². The van der Waals surface area contributed by atoms with Gasteiger partial charge in [-0.15, -0.1) is 0 Å². The van der Waals surface area contributed by atoms with Crippen molar-refractivity contribution in [2.24, 2.45) is 5.10 Å². The van der Waals surface area contributed by atoms with E-state index in [0.29, 0.717) is 37.1 Å². The maximum absolute atomic E-state index is 12.1. The number of hydrogen-bond acceptors (Lipinski definition) is 7. The molecule has 1 amide bonds. The van der Waals surface area contributed by atoms with Crippen molar-refractivity contribution in [3.05, 3.63) is 93.5 Å². The Kier molecular flexibility index (Phi) is 6.79. The predicted molar refractivity (Wildman–Crippen MR) is 121 cm³/mol. The first-order valence-corrected chi connectivity index (χ1v) is 10.2. The maximum Gasteiger partial charge on any atom is 0.269 e. The first-order chi connectivity index (χ1) is 16.1. The van der Waals surface area contributed by atoms with Crippen LogP contribution in [0.5, 0.6) is 17.2 Å².